The molecule has 3 aliphatic rings. The average molecular weight is 280 g/mol. The van der Waals surface area contributed by atoms with E-state index in [2.05, 4.69) is 5.32 Å². The summed E-state index contributed by atoms with van der Waals surface area (Å²) in [6, 6.07) is 0.0809. The van der Waals surface area contributed by atoms with Crippen molar-refractivity contribution in [2.24, 2.45) is 0 Å². The number of rotatable bonds is 2. The number of ether oxygens (including phenoxy) is 1. The molecule has 3 fully saturated rings. The van der Waals surface area contributed by atoms with Gasteiger partial charge >= 0.3 is 0 Å². The van der Waals surface area contributed by atoms with Gasteiger partial charge in [-0.1, -0.05) is 19.3 Å². The fraction of sp³-hybridized carbons (Fsp3) is 0.867. The summed E-state index contributed by atoms with van der Waals surface area (Å²) in [5.74, 6) is 0.124. The number of amides is 2. The van der Waals surface area contributed by atoms with Crippen LogP contribution in [-0.4, -0.2) is 48.1 Å². The zero-order chi connectivity index (χ0) is 14.2. The molecule has 1 saturated heterocycles. The molecule has 1 spiro atoms. The Morgan fingerprint density at radius 1 is 1.15 bits per heavy atom. The Morgan fingerprint density at radius 2 is 1.90 bits per heavy atom. The van der Waals surface area contributed by atoms with E-state index >= 15 is 0 Å². The van der Waals surface area contributed by atoms with Gasteiger partial charge < -0.3 is 15.0 Å². The summed E-state index contributed by atoms with van der Waals surface area (Å²) in [5.41, 5.74) is -0.617. The molecule has 1 N–H and O–H groups in total. The van der Waals surface area contributed by atoms with Crippen molar-refractivity contribution in [2.75, 3.05) is 13.7 Å². The maximum Gasteiger partial charge on any atom is 0.249 e. The summed E-state index contributed by atoms with van der Waals surface area (Å²) in [7, 11) is 1.70. The summed E-state index contributed by atoms with van der Waals surface area (Å²) in [6.07, 6.45) is 7.89. The number of carbonyl (C=O) groups is 2. The smallest absolute Gasteiger partial charge is 0.249 e. The maximum absolute atomic E-state index is 13.0. The molecule has 5 heteroatoms. The minimum atomic E-state index is -0.617. The molecule has 0 bridgehead atoms. The molecule has 0 aromatic carbocycles. The normalized spacial score (nSPS) is 33.5. The molecule has 2 amide bonds. The van der Waals surface area contributed by atoms with E-state index in [0.717, 1.165) is 51.4 Å². The number of nitrogens with one attached hydrogen (secondary N) is 1. The first kappa shape index (κ1) is 13.9. The molecule has 2 atom stereocenters. The molecule has 0 aromatic heterocycles. The number of piperazine rings is 1. The lowest BCUT2D eigenvalue weighted by atomic mass is 9.79. The molecule has 2 saturated carbocycles. The van der Waals surface area contributed by atoms with E-state index < -0.39 is 5.54 Å². The molecule has 1 heterocycles. The van der Waals surface area contributed by atoms with Gasteiger partial charge in [-0.25, -0.2) is 0 Å². The molecule has 2 unspecified atom stereocenters. The second-order valence-electron chi connectivity index (χ2n) is 6.40. The Labute approximate surface area is 120 Å². The van der Waals surface area contributed by atoms with Crippen molar-refractivity contribution < 1.29 is 14.3 Å². The highest BCUT2D eigenvalue weighted by atomic mass is 16.5. The van der Waals surface area contributed by atoms with Crippen molar-refractivity contribution in [3.05, 3.63) is 0 Å². The average Bonchev–Trinajstić information content (AvgIpc) is 2.92. The van der Waals surface area contributed by atoms with Crippen LogP contribution in [0.25, 0.3) is 0 Å². The van der Waals surface area contributed by atoms with Gasteiger partial charge in [0.2, 0.25) is 11.8 Å². The first-order valence-electron chi connectivity index (χ1n) is 7.81. The quantitative estimate of drug-likeness (QED) is 0.827. The van der Waals surface area contributed by atoms with Gasteiger partial charge in [0.15, 0.2) is 0 Å². The predicted octanol–water partition coefficient (Wildman–Crippen LogP) is 1.22. The molecule has 2 aliphatic carbocycles. The highest BCUT2D eigenvalue weighted by Gasteiger charge is 2.50. The molecule has 0 radical (unpaired) electrons. The summed E-state index contributed by atoms with van der Waals surface area (Å²) < 4.78 is 5.51. The van der Waals surface area contributed by atoms with Crippen LogP contribution in [0.1, 0.15) is 51.4 Å². The van der Waals surface area contributed by atoms with Crippen LogP contribution in [0.3, 0.4) is 0 Å². The number of nitrogens with zero attached hydrogens (tertiary/aromatic N) is 1. The van der Waals surface area contributed by atoms with Crippen LogP contribution in [0.2, 0.25) is 0 Å². The van der Waals surface area contributed by atoms with E-state index in [1.165, 1.54) is 0 Å². The van der Waals surface area contributed by atoms with Crippen molar-refractivity contribution in [3.8, 4) is 0 Å². The largest absolute Gasteiger partial charge is 0.379 e. The van der Waals surface area contributed by atoms with E-state index in [1.54, 1.807) is 7.11 Å². The predicted molar refractivity (Wildman–Crippen MR) is 74.1 cm³/mol. The van der Waals surface area contributed by atoms with Gasteiger partial charge in [-0.05, 0) is 32.1 Å². The number of hydrogen-bond acceptors (Lipinski definition) is 3. The third kappa shape index (κ3) is 2.22. The van der Waals surface area contributed by atoms with Crippen molar-refractivity contribution in [1.82, 2.24) is 10.2 Å². The lowest BCUT2D eigenvalue weighted by Gasteiger charge is -2.46. The Kier molecular flexibility index (Phi) is 3.71. The standard InChI is InChI=1S/C15H24N2O3/c1-20-12-7-5-6-11(12)17-10-13(18)16-15(14(17)19)8-3-2-4-9-15/h11-12H,2-10H2,1H3,(H,16,18). The third-order valence-electron chi connectivity index (χ3n) is 5.19. The number of carbonyl (C=O) groups excluding carboxylic acids is 2. The van der Waals surface area contributed by atoms with Crippen LogP contribution >= 0.6 is 0 Å². The van der Waals surface area contributed by atoms with Crippen LogP contribution in [0.5, 0.6) is 0 Å². The number of hydrogen-bond donors (Lipinski definition) is 1. The second-order valence-corrected chi connectivity index (χ2v) is 6.40. The van der Waals surface area contributed by atoms with Gasteiger partial charge in [-0.3, -0.25) is 9.59 Å². The van der Waals surface area contributed by atoms with E-state index in [1.807, 2.05) is 4.90 Å². The van der Waals surface area contributed by atoms with E-state index in [-0.39, 0.29) is 30.5 Å². The van der Waals surface area contributed by atoms with Crippen molar-refractivity contribution in [1.29, 1.82) is 0 Å². The first-order chi connectivity index (χ1) is 9.66. The van der Waals surface area contributed by atoms with Crippen molar-refractivity contribution in [3.63, 3.8) is 0 Å². The molecular weight excluding hydrogens is 256 g/mol. The number of methoxy groups -OCH3 is 1. The van der Waals surface area contributed by atoms with Crippen LogP contribution in [0.4, 0.5) is 0 Å². The van der Waals surface area contributed by atoms with Crippen LogP contribution < -0.4 is 5.32 Å². The summed E-state index contributed by atoms with van der Waals surface area (Å²) in [6.45, 7) is 0.200. The minimum Gasteiger partial charge on any atom is -0.379 e. The Hall–Kier alpha value is -1.10. The molecule has 0 aromatic rings. The van der Waals surface area contributed by atoms with E-state index in [0.29, 0.717) is 0 Å². The van der Waals surface area contributed by atoms with E-state index in [4.69, 9.17) is 4.74 Å². The maximum atomic E-state index is 13.0. The fourth-order valence-corrected chi connectivity index (χ4v) is 4.16. The van der Waals surface area contributed by atoms with Gasteiger partial charge in [-0.15, -0.1) is 0 Å². The lowest BCUT2D eigenvalue weighted by molar-refractivity contribution is -0.156. The molecule has 5 nitrogen and oxygen atoms in total. The van der Waals surface area contributed by atoms with Crippen LogP contribution in [0.15, 0.2) is 0 Å². The Balaban J connectivity index is 1.83. The zero-order valence-electron chi connectivity index (χ0n) is 12.2. The van der Waals surface area contributed by atoms with Gasteiger partial charge in [0, 0.05) is 7.11 Å². The Morgan fingerprint density at radius 3 is 2.60 bits per heavy atom. The van der Waals surface area contributed by atoms with Crippen molar-refractivity contribution in [2.45, 2.75) is 69.1 Å². The topological polar surface area (TPSA) is 58.6 Å². The SMILES string of the molecule is COC1CCCC1N1CC(=O)NC2(CCCCC2)C1=O. The zero-order valence-corrected chi connectivity index (χ0v) is 12.2. The molecule has 3 rings (SSSR count). The molecular formula is C15H24N2O3. The van der Waals surface area contributed by atoms with Crippen LogP contribution in [0, 0.1) is 0 Å². The van der Waals surface area contributed by atoms with Gasteiger partial charge in [0.25, 0.3) is 0 Å². The summed E-state index contributed by atoms with van der Waals surface area (Å²) in [5, 5.41) is 3.00. The highest BCUT2D eigenvalue weighted by Crippen LogP contribution is 2.35. The first-order valence-corrected chi connectivity index (χ1v) is 7.81. The second kappa shape index (κ2) is 5.35. The van der Waals surface area contributed by atoms with Crippen LogP contribution in [-0.2, 0) is 14.3 Å². The van der Waals surface area contributed by atoms with Gasteiger partial charge in [0.05, 0.1) is 12.1 Å². The van der Waals surface area contributed by atoms with Gasteiger partial charge in [0.1, 0.15) is 12.1 Å². The monoisotopic (exact) mass is 280 g/mol. The molecule has 112 valence electrons. The van der Waals surface area contributed by atoms with Gasteiger partial charge in [-0.2, -0.15) is 0 Å². The summed E-state index contributed by atoms with van der Waals surface area (Å²) in [4.78, 5) is 26.9. The summed E-state index contributed by atoms with van der Waals surface area (Å²) >= 11 is 0. The van der Waals surface area contributed by atoms with E-state index in [9.17, 15) is 9.59 Å². The minimum absolute atomic E-state index is 0.00625. The Bertz CT molecular complexity index is 404. The molecule has 20 heavy (non-hydrogen) atoms. The highest BCUT2D eigenvalue weighted by molar-refractivity contribution is 5.98. The fourth-order valence-electron chi connectivity index (χ4n) is 4.16. The third-order valence-corrected chi connectivity index (χ3v) is 5.19. The van der Waals surface area contributed by atoms with Crippen molar-refractivity contribution >= 4 is 11.8 Å². The lowest BCUT2D eigenvalue weighted by Crippen LogP contribution is -2.69. The molecule has 1 aliphatic heterocycles.